The molecule has 2 heterocycles. The number of rotatable bonds is 6. The molecule has 0 aromatic carbocycles. The first-order chi connectivity index (χ1) is 9.50. The van der Waals surface area contributed by atoms with Crippen LogP contribution in [0.2, 0.25) is 0 Å². The van der Waals surface area contributed by atoms with E-state index >= 15 is 0 Å². The molecule has 1 aliphatic rings. The number of carbonyl (C=O) groups excluding carboxylic acids is 2. The topological polar surface area (TPSA) is 76.5 Å². The van der Waals surface area contributed by atoms with Gasteiger partial charge in [0.1, 0.15) is 5.54 Å². The average Bonchev–Trinajstić information content (AvgIpc) is 2.93. The maximum absolute atomic E-state index is 12.3. The van der Waals surface area contributed by atoms with E-state index in [0.717, 1.165) is 12.1 Å². The number of ether oxygens (including phenoxy) is 1. The van der Waals surface area contributed by atoms with Gasteiger partial charge in [0.05, 0.1) is 12.8 Å². The number of hydrogen-bond donors (Lipinski definition) is 1. The molecule has 20 heavy (non-hydrogen) atoms. The maximum Gasteiger partial charge on any atom is 0.325 e. The van der Waals surface area contributed by atoms with Gasteiger partial charge in [-0.05, 0) is 25.8 Å². The van der Waals surface area contributed by atoms with Gasteiger partial charge in [-0.2, -0.15) is 5.10 Å². The molecule has 0 spiro atoms. The molecule has 2 rings (SSSR count). The van der Waals surface area contributed by atoms with Gasteiger partial charge in [0, 0.05) is 26.4 Å². The minimum atomic E-state index is -0.959. The first-order valence-corrected chi connectivity index (χ1v) is 6.64. The summed E-state index contributed by atoms with van der Waals surface area (Å²) < 4.78 is 6.82. The summed E-state index contributed by atoms with van der Waals surface area (Å²) in [7, 11) is 1.51. The molecule has 110 valence electrons. The SMILES string of the molecule is CCn1cc(CCN2C(=O)N[C@@](C)(COC)C2=O)cn1. The molecule has 1 saturated heterocycles. The van der Waals surface area contributed by atoms with E-state index in [-0.39, 0.29) is 18.5 Å². The number of methoxy groups -OCH3 is 1. The third-order valence-electron chi connectivity index (χ3n) is 3.41. The van der Waals surface area contributed by atoms with Crippen molar-refractivity contribution in [2.24, 2.45) is 0 Å². The Labute approximate surface area is 117 Å². The Bertz CT molecular complexity index is 513. The zero-order valence-electron chi connectivity index (χ0n) is 12.0. The van der Waals surface area contributed by atoms with Crippen LogP contribution in [0, 0.1) is 0 Å². The number of urea groups is 1. The van der Waals surface area contributed by atoms with Crippen LogP contribution in [0.15, 0.2) is 12.4 Å². The zero-order valence-corrected chi connectivity index (χ0v) is 12.0. The van der Waals surface area contributed by atoms with E-state index in [4.69, 9.17) is 4.74 Å². The Hall–Kier alpha value is -1.89. The molecule has 1 aromatic heterocycles. The number of amides is 3. The fourth-order valence-corrected chi connectivity index (χ4v) is 2.29. The Balaban J connectivity index is 1.99. The molecule has 0 bridgehead atoms. The van der Waals surface area contributed by atoms with Gasteiger partial charge in [-0.1, -0.05) is 0 Å². The number of aromatic nitrogens is 2. The summed E-state index contributed by atoms with van der Waals surface area (Å²) >= 11 is 0. The summed E-state index contributed by atoms with van der Waals surface area (Å²) in [6, 6.07) is -0.363. The summed E-state index contributed by atoms with van der Waals surface area (Å²) in [4.78, 5) is 25.4. The van der Waals surface area contributed by atoms with Crippen LogP contribution in [-0.2, 0) is 22.5 Å². The lowest BCUT2D eigenvalue weighted by Crippen LogP contribution is -2.48. The highest BCUT2D eigenvalue weighted by molar-refractivity contribution is 6.06. The van der Waals surface area contributed by atoms with E-state index in [9.17, 15) is 9.59 Å². The van der Waals surface area contributed by atoms with Crippen LogP contribution in [0.25, 0.3) is 0 Å². The van der Waals surface area contributed by atoms with Crippen molar-refractivity contribution < 1.29 is 14.3 Å². The van der Waals surface area contributed by atoms with Crippen molar-refractivity contribution in [1.82, 2.24) is 20.0 Å². The van der Waals surface area contributed by atoms with E-state index in [1.165, 1.54) is 12.0 Å². The van der Waals surface area contributed by atoms with Crippen LogP contribution >= 0.6 is 0 Å². The minimum absolute atomic E-state index is 0.168. The lowest BCUT2D eigenvalue weighted by atomic mass is 10.0. The van der Waals surface area contributed by atoms with Gasteiger partial charge in [0.15, 0.2) is 0 Å². The number of nitrogens with one attached hydrogen (secondary N) is 1. The van der Waals surface area contributed by atoms with Crippen LogP contribution in [0.5, 0.6) is 0 Å². The highest BCUT2D eigenvalue weighted by Gasteiger charge is 2.47. The predicted octanol–water partition coefficient (Wildman–Crippen LogP) is 0.402. The van der Waals surface area contributed by atoms with Crippen molar-refractivity contribution in [1.29, 1.82) is 0 Å². The van der Waals surface area contributed by atoms with E-state index in [0.29, 0.717) is 13.0 Å². The molecule has 1 aliphatic heterocycles. The molecular formula is C13H20N4O3. The zero-order chi connectivity index (χ0) is 14.8. The highest BCUT2D eigenvalue weighted by atomic mass is 16.5. The molecule has 1 N–H and O–H groups in total. The number of aryl methyl sites for hydroxylation is 1. The number of imide groups is 1. The summed E-state index contributed by atoms with van der Waals surface area (Å²) in [6.07, 6.45) is 4.28. The molecule has 1 aromatic rings. The van der Waals surface area contributed by atoms with E-state index in [2.05, 4.69) is 10.4 Å². The average molecular weight is 280 g/mol. The first-order valence-electron chi connectivity index (χ1n) is 6.64. The van der Waals surface area contributed by atoms with Gasteiger partial charge >= 0.3 is 6.03 Å². The number of carbonyl (C=O) groups is 2. The molecule has 0 radical (unpaired) electrons. The highest BCUT2D eigenvalue weighted by Crippen LogP contribution is 2.18. The summed E-state index contributed by atoms with van der Waals surface area (Å²) in [5, 5.41) is 6.84. The summed E-state index contributed by atoms with van der Waals surface area (Å²) in [5.41, 5.74) is 0.0483. The van der Waals surface area contributed by atoms with Crippen LogP contribution in [0.4, 0.5) is 4.79 Å². The second kappa shape index (κ2) is 5.62. The molecule has 7 nitrogen and oxygen atoms in total. The van der Waals surface area contributed by atoms with E-state index in [1.807, 2.05) is 17.8 Å². The van der Waals surface area contributed by atoms with Crippen molar-refractivity contribution in [2.75, 3.05) is 20.3 Å². The minimum Gasteiger partial charge on any atom is -0.382 e. The van der Waals surface area contributed by atoms with Crippen LogP contribution in [-0.4, -0.2) is 52.4 Å². The van der Waals surface area contributed by atoms with Gasteiger partial charge < -0.3 is 10.1 Å². The molecule has 1 fully saturated rings. The van der Waals surface area contributed by atoms with E-state index < -0.39 is 5.54 Å². The van der Waals surface area contributed by atoms with Crippen LogP contribution in [0.3, 0.4) is 0 Å². The van der Waals surface area contributed by atoms with E-state index in [1.54, 1.807) is 13.1 Å². The Kier molecular flexibility index (Phi) is 4.08. The van der Waals surface area contributed by atoms with Gasteiger partial charge in [-0.15, -0.1) is 0 Å². The predicted molar refractivity (Wildman–Crippen MR) is 72.1 cm³/mol. The maximum atomic E-state index is 12.3. The van der Waals surface area contributed by atoms with Gasteiger partial charge in [-0.3, -0.25) is 14.4 Å². The third kappa shape index (κ3) is 2.67. The van der Waals surface area contributed by atoms with Gasteiger partial charge in [0.25, 0.3) is 5.91 Å². The number of nitrogens with zero attached hydrogens (tertiary/aromatic N) is 3. The Morgan fingerprint density at radius 1 is 1.45 bits per heavy atom. The van der Waals surface area contributed by atoms with Gasteiger partial charge in [0.2, 0.25) is 0 Å². The molecule has 0 unspecified atom stereocenters. The second-order valence-corrected chi connectivity index (χ2v) is 5.11. The fourth-order valence-electron chi connectivity index (χ4n) is 2.29. The molecular weight excluding hydrogens is 260 g/mol. The summed E-state index contributed by atoms with van der Waals surface area (Å²) in [6.45, 7) is 4.99. The lowest BCUT2D eigenvalue weighted by Gasteiger charge is -2.20. The first kappa shape index (κ1) is 14.5. The molecule has 0 aliphatic carbocycles. The second-order valence-electron chi connectivity index (χ2n) is 5.11. The largest absolute Gasteiger partial charge is 0.382 e. The normalized spacial score (nSPS) is 22.4. The quantitative estimate of drug-likeness (QED) is 0.765. The van der Waals surface area contributed by atoms with Crippen molar-refractivity contribution in [3.63, 3.8) is 0 Å². The van der Waals surface area contributed by atoms with Crippen LogP contribution < -0.4 is 5.32 Å². The molecule has 1 atom stereocenters. The molecule has 0 saturated carbocycles. The van der Waals surface area contributed by atoms with Crippen LogP contribution in [0.1, 0.15) is 19.4 Å². The van der Waals surface area contributed by atoms with Crippen molar-refractivity contribution in [3.05, 3.63) is 18.0 Å². The number of hydrogen-bond acceptors (Lipinski definition) is 4. The van der Waals surface area contributed by atoms with Gasteiger partial charge in [-0.25, -0.2) is 4.79 Å². The summed E-state index contributed by atoms with van der Waals surface area (Å²) in [5.74, 6) is -0.243. The van der Waals surface area contributed by atoms with Crippen molar-refractivity contribution in [3.8, 4) is 0 Å². The van der Waals surface area contributed by atoms with Crippen molar-refractivity contribution >= 4 is 11.9 Å². The van der Waals surface area contributed by atoms with Crippen molar-refractivity contribution in [2.45, 2.75) is 32.4 Å². The third-order valence-corrected chi connectivity index (χ3v) is 3.41. The Morgan fingerprint density at radius 3 is 2.80 bits per heavy atom. The monoisotopic (exact) mass is 280 g/mol. The standard InChI is InChI=1S/C13H20N4O3/c1-4-16-8-10(7-14-16)5-6-17-11(18)13(2,9-20-3)15-12(17)19/h7-8H,4-6,9H2,1-3H3,(H,15,19)/t13-/m0/s1. The smallest absolute Gasteiger partial charge is 0.325 e. The lowest BCUT2D eigenvalue weighted by molar-refractivity contribution is -0.132. The molecule has 3 amide bonds. The molecule has 7 heteroatoms. The Morgan fingerprint density at radius 2 is 2.20 bits per heavy atom. The fraction of sp³-hybridized carbons (Fsp3) is 0.615.